The lowest BCUT2D eigenvalue weighted by molar-refractivity contribution is -0.122. The highest BCUT2D eigenvalue weighted by Gasteiger charge is 2.31. The summed E-state index contributed by atoms with van der Waals surface area (Å²) in [6.07, 6.45) is 1.51. The van der Waals surface area contributed by atoms with Gasteiger partial charge in [0.25, 0.3) is 0 Å². The van der Waals surface area contributed by atoms with Crippen molar-refractivity contribution < 1.29 is 13.2 Å². The number of nitrogens with one attached hydrogen (secondary N) is 1. The fraction of sp³-hybridized carbons (Fsp3) is 0.458. The Labute approximate surface area is 187 Å². The van der Waals surface area contributed by atoms with Crippen LogP contribution in [-0.2, 0) is 21.4 Å². The molecule has 1 amide bonds. The van der Waals surface area contributed by atoms with Crippen LogP contribution in [0.1, 0.15) is 43.9 Å². The minimum Gasteiger partial charge on any atom is -0.372 e. The molecule has 170 valence electrons. The van der Waals surface area contributed by atoms with Crippen LogP contribution in [0.3, 0.4) is 0 Å². The highest BCUT2D eigenvalue weighted by atomic mass is 32.2. The van der Waals surface area contributed by atoms with Gasteiger partial charge in [-0.05, 0) is 75.1 Å². The second-order valence-electron chi connectivity index (χ2n) is 7.81. The van der Waals surface area contributed by atoms with Gasteiger partial charge < -0.3 is 10.2 Å². The molecule has 31 heavy (non-hydrogen) atoms. The smallest absolute Gasteiger partial charge is 0.244 e. The van der Waals surface area contributed by atoms with E-state index >= 15 is 0 Å². The number of hydrogen-bond donors (Lipinski definition) is 1. The average Bonchev–Trinajstić information content (AvgIpc) is 2.73. The molecule has 0 saturated heterocycles. The molecule has 2 aromatic rings. The normalized spacial score (nSPS) is 12.3. The first-order chi connectivity index (χ1) is 14.6. The highest BCUT2D eigenvalue weighted by Crippen LogP contribution is 2.25. The Kier molecular flexibility index (Phi) is 8.51. The van der Waals surface area contributed by atoms with E-state index in [1.165, 1.54) is 4.31 Å². The average molecular weight is 446 g/mol. The first-order valence-corrected chi connectivity index (χ1v) is 12.6. The molecule has 0 unspecified atom stereocenters. The maximum absolute atomic E-state index is 13.0. The molecule has 0 heterocycles. The number of carbonyl (C=O) groups is 1. The van der Waals surface area contributed by atoms with E-state index in [-0.39, 0.29) is 5.91 Å². The molecule has 0 spiro atoms. The Bertz CT molecular complexity index is 984. The Morgan fingerprint density at radius 2 is 1.52 bits per heavy atom. The second kappa shape index (κ2) is 10.7. The second-order valence-corrected chi connectivity index (χ2v) is 9.67. The van der Waals surface area contributed by atoms with Gasteiger partial charge >= 0.3 is 0 Å². The Morgan fingerprint density at radius 3 is 2.00 bits per heavy atom. The summed E-state index contributed by atoms with van der Waals surface area (Å²) < 4.78 is 26.4. The van der Waals surface area contributed by atoms with Crippen LogP contribution in [0.5, 0.6) is 0 Å². The van der Waals surface area contributed by atoms with Gasteiger partial charge in [-0.25, -0.2) is 8.42 Å². The minimum absolute atomic E-state index is 0.307. The number of sulfonamides is 1. The predicted molar refractivity (Wildman–Crippen MR) is 129 cm³/mol. The van der Waals surface area contributed by atoms with Crippen LogP contribution in [0, 0.1) is 13.8 Å². The molecular formula is C24H35N3O3S. The van der Waals surface area contributed by atoms with Gasteiger partial charge in [-0.15, -0.1) is 0 Å². The number of hydrogen-bond acceptors (Lipinski definition) is 4. The van der Waals surface area contributed by atoms with Gasteiger partial charge in [-0.2, -0.15) is 0 Å². The van der Waals surface area contributed by atoms with E-state index in [0.717, 1.165) is 41.7 Å². The molecule has 2 aromatic carbocycles. The van der Waals surface area contributed by atoms with Crippen molar-refractivity contribution in [2.75, 3.05) is 28.6 Å². The third kappa shape index (κ3) is 6.23. The number of benzene rings is 2. The van der Waals surface area contributed by atoms with Gasteiger partial charge in [0.2, 0.25) is 15.9 Å². The van der Waals surface area contributed by atoms with Crippen molar-refractivity contribution in [1.82, 2.24) is 5.32 Å². The zero-order chi connectivity index (χ0) is 23.2. The largest absolute Gasteiger partial charge is 0.372 e. The van der Waals surface area contributed by atoms with Crippen molar-refractivity contribution in [1.29, 1.82) is 0 Å². The van der Waals surface area contributed by atoms with E-state index < -0.39 is 16.1 Å². The molecule has 0 bridgehead atoms. The lowest BCUT2D eigenvalue weighted by Gasteiger charge is -2.30. The van der Waals surface area contributed by atoms with Crippen molar-refractivity contribution >= 4 is 27.3 Å². The zero-order valence-corrected chi connectivity index (χ0v) is 20.3. The van der Waals surface area contributed by atoms with Gasteiger partial charge in [0, 0.05) is 25.3 Å². The Balaban J connectivity index is 2.19. The van der Waals surface area contributed by atoms with E-state index in [9.17, 15) is 13.2 Å². The first-order valence-electron chi connectivity index (χ1n) is 10.8. The van der Waals surface area contributed by atoms with Crippen LogP contribution in [-0.4, -0.2) is 39.7 Å². The summed E-state index contributed by atoms with van der Waals surface area (Å²) in [5, 5.41) is 2.92. The molecule has 0 aromatic heterocycles. The SMILES string of the molecule is CC[C@@H](C(=O)NCc1ccc(N(CC)CC)cc1)N(c1ccc(C)c(C)c1)S(C)(=O)=O. The van der Waals surface area contributed by atoms with Crippen LogP contribution >= 0.6 is 0 Å². The molecule has 0 saturated carbocycles. The molecular weight excluding hydrogens is 410 g/mol. The third-order valence-electron chi connectivity index (χ3n) is 5.61. The highest BCUT2D eigenvalue weighted by molar-refractivity contribution is 7.92. The molecule has 6 nitrogen and oxygen atoms in total. The van der Waals surface area contributed by atoms with Gasteiger partial charge in [0.05, 0.1) is 11.9 Å². The molecule has 1 N–H and O–H groups in total. The maximum atomic E-state index is 13.0. The summed E-state index contributed by atoms with van der Waals surface area (Å²) in [5.41, 5.74) is 4.68. The van der Waals surface area contributed by atoms with Crippen LogP contribution < -0.4 is 14.5 Å². The molecule has 2 rings (SSSR count). The molecule has 1 atom stereocenters. The molecule has 0 fully saturated rings. The fourth-order valence-corrected chi connectivity index (χ4v) is 4.85. The first kappa shape index (κ1) is 24.7. The van der Waals surface area contributed by atoms with E-state index in [1.807, 2.05) is 57.2 Å². The van der Waals surface area contributed by atoms with Crippen molar-refractivity contribution in [2.24, 2.45) is 0 Å². The lowest BCUT2D eigenvalue weighted by Crippen LogP contribution is -2.49. The van der Waals surface area contributed by atoms with Crippen molar-refractivity contribution in [3.63, 3.8) is 0 Å². The maximum Gasteiger partial charge on any atom is 0.244 e. The van der Waals surface area contributed by atoms with Crippen LogP contribution in [0.15, 0.2) is 42.5 Å². The number of rotatable bonds is 10. The predicted octanol–water partition coefficient (Wildman–Crippen LogP) is 4.01. The summed E-state index contributed by atoms with van der Waals surface area (Å²) in [4.78, 5) is 15.3. The fourth-order valence-electron chi connectivity index (χ4n) is 3.64. The minimum atomic E-state index is -3.64. The Morgan fingerprint density at radius 1 is 0.935 bits per heavy atom. The number of nitrogens with zero attached hydrogens (tertiary/aromatic N) is 2. The number of anilines is 2. The van der Waals surface area contributed by atoms with Gasteiger partial charge in [-0.1, -0.05) is 25.1 Å². The monoisotopic (exact) mass is 445 g/mol. The van der Waals surface area contributed by atoms with Gasteiger partial charge in [-0.3, -0.25) is 9.10 Å². The van der Waals surface area contributed by atoms with Crippen LogP contribution in [0.2, 0.25) is 0 Å². The summed E-state index contributed by atoms with van der Waals surface area (Å²) >= 11 is 0. The molecule has 7 heteroatoms. The number of aryl methyl sites for hydroxylation is 2. The summed E-state index contributed by atoms with van der Waals surface area (Å²) in [6, 6.07) is 12.7. The topological polar surface area (TPSA) is 69.7 Å². The molecule has 0 aliphatic heterocycles. The number of amides is 1. The van der Waals surface area contributed by atoms with Crippen LogP contribution in [0.25, 0.3) is 0 Å². The Hall–Kier alpha value is -2.54. The van der Waals surface area contributed by atoms with Crippen molar-refractivity contribution in [3.8, 4) is 0 Å². The molecule has 0 radical (unpaired) electrons. The zero-order valence-electron chi connectivity index (χ0n) is 19.5. The number of carbonyl (C=O) groups excluding carboxylic acids is 1. The van der Waals surface area contributed by atoms with Crippen molar-refractivity contribution in [2.45, 2.75) is 53.6 Å². The van der Waals surface area contributed by atoms with Crippen molar-refractivity contribution in [3.05, 3.63) is 59.2 Å². The molecule has 0 aliphatic rings. The summed E-state index contributed by atoms with van der Waals surface area (Å²) in [5.74, 6) is -0.307. The summed E-state index contributed by atoms with van der Waals surface area (Å²) in [7, 11) is -3.64. The van der Waals surface area contributed by atoms with Crippen LogP contribution in [0.4, 0.5) is 11.4 Å². The van der Waals surface area contributed by atoms with Gasteiger partial charge in [0.1, 0.15) is 6.04 Å². The third-order valence-corrected chi connectivity index (χ3v) is 6.79. The quantitative estimate of drug-likeness (QED) is 0.600. The van der Waals surface area contributed by atoms with E-state index in [4.69, 9.17) is 0 Å². The van der Waals surface area contributed by atoms with Gasteiger partial charge in [0.15, 0.2) is 0 Å². The lowest BCUT2D eigenvalue weighted by atomic mass is 10.1. The standard InChI is InChI=1S/C24H35N3O3S/c1-7-23(27(31(6,29)30)22-13-10-18(4)19(5)16-22)24(28)25-17-20-11-14-21(15-12-20)26(8-2)9-3/h10-16,23H,7-9,17H2,1-6H3,(H,25,28)/t23-/m0/s1. The van der Waals surface area contributed by atoms with E-state index in [0.29, 0.717) is 18.7 Å². The summed E-state index contributed by atoms with van der Waals surface area (Å²) in [6.45, 7) is 12.2. The van der Waals surface area contributed by atoms with E-state index in [1.54, 1.807) is 6.07 Å². The molecule has 0 aliphatic carbocycles. The van der Waals surface area contributed by atoms with E-state index in [2.05, 4.69) is 24.1 Å².